The summed E-state index contributed by atoms with van der Waals surface area (Å²) >= 11 is 0. The third-order valence-corrected chi connectivity index (χ3v) is 7.48. The quantitative estimate of drug-likeness (QED) is 0.703. The predicted molar refractivity (Wildman–Crippen MR) is 122 cm³/mol. The number of Topliss-reactive ketones (excluding diaryl/α,β-unsaturated/α-hetero) is 1. The van der Waals surface area contributed by atoms with Crippen molar-refractivity contribution in [2.75, 3.05) is 24.7 Å². The first-order valence-corrected chi connectivity index (χ1v) is 12.5. The lowest BCUT2D eigenvalue weighted by molar-refractivity contribution is 0.0909. The van der Waals surface area contributed by atoms with Gasteiger partial charge in [-0.2, -0.15) is 5.10 Å². The largest absolute Gasteiger partial charge is 0.380 e. The highest BCUT2D eigenvalue weighted by atomic mass is 32.2. The molecule has 10 heteroatoms. The molecule has 1 fully saturated rings. The number of rotatable bonds is 5. The SMILES string of the molecule is Cc1nn(-c2ccc(C(N)=O)c(N[C@H]3CCN(S(C)(=O)=O)C3)c2)c2c1C(=O)CC(C)(C)C2. The fraction of sp³-hybridized carbons (Fsp3) is 0.500. The Morgan fingerprint density at radius 2 is 2.00 bits per heavy atom. The average molecular weight is 460 g/mol. The number of sulfonamides is 1. The number of hydrogen-bond donors (Lipinski definition) is 2. The summed E-state index contributed by atoms with van der Waals surface area (Å²) in [7, 11) is -3.27. The van der Waals surface area contributed by atoms with Crippen molar-refractivity contribution in [3.63, 3.8) is 0 Å². The number of carbonyl (C=O) groups excluding carboxylic acids is 2. The van der Waals surface area contributed by atoms with Crippen LogP contribution in [0.1, 0.15) is 58.8 Å². The van der Waals surface area contributed by atoms with Gasteiger partial charge in [-0.3, -0.25) is 9.59 Å². The third kappa shape index (κ3) is 4.16. The van der Waals surface area contributed by atoms with Gasteiger partial charge >= 0.3 is 0 Å². The second-order valence-corrected chi connectivity index (χ2v) is 11.6. The lowest BCUT2D eigenvalue weighted by Crippen LogP contribution is -2.31. The molecule has 1 aliphatic carbocycles. The van der Waals surface area contributed by atoms with Gasteiger partial charge in [-0.1, -0.05) is 13.8 Å². The van der Waals surface area contributed by atoms with Crippen LogP contribution in [0.4, 0.5) is 5.69 Å². The maximum atomic E-state index is 12.7. The van der Waals surface area contributed by atoms with Crippen molar-refractivity contribution in [3.8, 4) is 5.69 Å². The number of carbonyl (C=O) groups is 2. The van der Waals surface area contributed by atoms with Crippen LogP contribution in [-0.4, -0.2) is 59.6 Å². The van der Waals surface area contributed by atoms with Crippen molar-refractivity contribution in [1.29, 1.82) is 0 Å². The van der Waals surface area contributed by atoms with Gasteiger partial charge in [0.1, 0.15) is 0 Å². The molecule has 0 spiro atoms. The summed E-state index contributed by atoms with van der Waals surface area (Å²) in [5, 5.41) is 7.93. The highest BCUT2D eigenvalue weighted by Crippen LogP contribution is 2.37. The molecule has 0 bridgehead atoms. The number of aryl methyl sites for hydroxylation is 1. The molecule has 32 heavy (non-hydrogen) atoms. The lowest BCUT2D eigenvalue weighted by Gasteiger charge is -2.29. The molecular weight excluding hydrogens is 430 g/mol. The number of primary amides is 1. The topological polar surface area (TPSA) is 127 Å². The molecule has 172 valence electrons. The van der Waals surface area contributed by atoms with Gasteiger partial charge in [0.15, 0.2) is 5.78 Å². The van der Waals surface area contributed by atoms with Crippen molar-refractivity contribution in [3.05, 3.63) is 40.7 Å². The van der Waals surface area contributed by atoms with E-state index < -0.39 is 15.9 Å². The smallest absolute Gasteiger partial charge is 0.250 e. The second kappa shape index (κ2) is 7.70. The molecule has 9 nitrogen and oxygen atoms in total. The molecule has 1 aromatic carbocycles. The van der Waals surface area contributed by atoms with Crippen molar-refractivity contribution in [2.24, 2.45) is 11.1 Å². The van der Waals surface area contributed by atoms with E-state index in [1.807, 2.05) is 6.92 Å². The molecule has 0 saturated carbocycles. The van der Waals surface area contributed by atoms with Gasteiger partial charge in [-0.25, -0.2) is 17.4 Å². The first kappa shape index (κ1) is 22.5. The number of nitrogens with two attached hydrogens (primary N) is 1. The maximum Gasteiger partial charge on any atom is 0.250 e. The average Bonchev–Trinajstić information content (AvgIpc) is 3.25. The minimum absolute atomic E-state index is 0.0962. The van der Waals surface area contributed by atoms with Gasteiger partial charge in [0, 0.05) is 31.2 Å². The summed E-state index contributed by atoms with van der Waals surface area (Å²) in [4.78, 5) is 24.8. The van der Waals surface area contributed by atoms with Crippen LogP contribution in [0, 0.1) is 12.3 Å². The standard InChI is InChI=1S/C22H29N5O4S/c1-13-20-18(10-22(2,3)11-19(20)28)27(25-13)15-5-6-16(21(23)29)17(9-15)24-14-7-8-26(12-14)32(4,30)31/h5-6,9,14,24H,7-8,10-12H2,1-4H3,(H2,23,29)/t14-/m0/s1. The summed E-state index contributed by atoms with van der Waals surface area (Å²) in [6, 6.07) is 5.05. The number of nitrogens with one attached hydrogen (secondary N) is 1. The van der Waals surface area contributed by atoms with Gasteiger partial charge in [0.25, 0.3) is 5.91 Å². The van der Waals surface area contributed by atoms with Crippen LogP contribution in [0.2, 0.25) is 0 Å². The van der Waals surface area contributed by atoms with Crippen LogP contribution in [-0.2, 0) is 16.4 Å². The first-order chi connectivity index (χ1) is 14.9. The molecule has 0 radical (unpaired) electrons. The summed E-state index contributed by atoms with van der Waals surface area (Å²) < 4.78 is 26.9. The highest BCUT2D eigenvalue weighted by Gasteiger charge is 2.36. The van der Waals surface area contributed by atoms with E-state index in [1.54, 1.807) is 22.9 Å². The van der Waals surface area contributed by atoms with Crippen molar-refractivity contribution < 1.29 is 18.0 Å². The van der Waals surface area contributed by atoms with E-state index >= 15 is 0 Å². The summed E-state index contributed by atoms with van der Waals surface area (Å²) in [6.07, 6.45) is 3.00. The molecule has 4 rings (SSSR count). The van der Waals surface area contributed by atoms with Gasteiger partial charge in [-0.05, 0) is 43.4 Å². The second-order valence-electron chi connectivity index (χ2n) is 9.60. The summed E-state index contributed by atoms with van der Waals surface area (Å²) in [5.41, 5.74) is 9.22. The van der Waals surface area contributed by atoms with E-state index in [-0.39, 0.29) is 17.2 Å². The molecule has 2 aliphatic rings. The number of ketones is 1. The molecule has 3 N–H and O–H groups in total. The molecule has 1 saturated heterocycles. The summed E-state index contributed by atoms with van der Waals surface area (Å²) in [6.45, 7) is 6.71. The molecule has 0 unspecified atom stereocenters. The predicted octanol–water partition coefficient (Wildman–Crippen LogP) is 1.88. The third-order valence-electron chi connectivity index (χ3n) is 6.21. The maximum absolute atomic E-state index is 12.7. The van der Waals surface area contributed by atoms with Crippen molar-refractivity contribution >= 4 is 27.4 Å². The highest BCUT2D eigenvalue weighted by molar-refractivity contribution is 7.88. The lowest BCUT2D eigenvalue weighted by atomic mass is 9.75. The van der Waals surface area contributed by atoms with E-state index in [9.17, 15) is 18.0 Å². The number of benzene rings is 1. The van der Waals surface area contributed by atoms with Crippen LogP contribution in [0.5, 0.6) is 0 Å². The van der Waals surface area contributed by atoms with Gasteiger partial charge in [0.05, 0.1) is 34.5 Å². The fourth-order valence-electron chi connectivity index (χ4n) is 4.72. The molecule has 2 aromatic rings. The van der Waals surface area contributed by atoms with E-state index in [2.05, 4.69) is 24.3 Å². The zero-order chi connectivity index (χ0) is 23.4. The normalized spacial score (nSPS) is 20.9. The van der Waals surface area contributed by atoms with Crippen LogP contribution >= 0.6 is 0 Å². The van der Waals surface area contributed by atoms with Crippen LogP contribution in [0.3, 0.4) is 0 Å². The van der Waals surface area contributed by atoms with E-state index in [0.29, 0.717) is 60.5 Å². The van der Waals surface area contributed by atoms with E-state index in [1.165, 1.54) is 10.6 Å². The Hall–Kier alpha value is -2.72. The number of amides is 1. The Morgan fingerprint density at radius 3 is 2.62 bits per heavy atom. The molecule has 1 amide bonds. The number of nitrogens with zero attached hydrogens (tertiary/aromatic N) is 3. The Kier molecular flexibility index (Phi) is 5.41. The van der Waals surface area contributed by atoms with Crippen LogP contribution < -0.4 is 11.1 Å². The molecule has 1 aliphatic heterocycles. The molecule has 2 heterocycles. The minimum atomic E-state index is -3.27. The zero-order valence-corrected chi connectivity index (χ0v) is 19.6. The number of hydrogen-bond acceptors (Lipinski definition) is 6. The van der Waals surface area contributed by atoms with Crippen molar-refractivity contribution in [2.45, 2.75) is 46.1 Å². The van der Waals surface area contributed by atoms with Gasteiger partial charge < -0.3 is 11.1 Å². The summed E-state index contributed by atoms with van der Waals surface area (Å²) in [5.74, 6) is -0.481. The zero-order valence-electron chi connectivity index (χ0n) is 18.8. The molecule has 1 atom stereocenters. The van der Waals surface area contributed by atoms with Crippen LogP contribution in [0.25, 0.3) is 5.69 Å². The first-order valence-electron chi connectivity index (χ1n) is 10.6. The molecule has 1 aromatic heterocycles. The number of anilines is 1. The Labute approximate surface area is 188 Å². The van der Waals surface area contributed by atoms with E-state index in [0.717, 1.165) is 5.69 Å². The monoisotopic (exact) mass is 459 g/mol. The Balaban J connectivity index is 1.72. The van der Waals surface area contributed by atoms with E-state index in [4.69, 9.17) is 5.73 Å². The Bertz CT molecular complexity index is 1220. The number of fused-ring (bicyclic) bond motifs is 1. The van der Waals surface area contributed by atoms with Gasteiger partial charge in [-0.15, -0.1) is 0 Å². The number of aromatic nitrogens is 2. The molecular formula is C22H29N5O4S. The minimum Gasteiger partial charge on any atom is -0.380 e. The van der Waals surface area contributed by atoms with Crippen molar-refractivity contribution in [1.82, 2.24) is 14.1 Å². The fourth-order valence-corrected chi connectivity index (χ4v) is 5.61. The van der Waals surface area contributed by atoms with Crippen LogP contribution in [0.15, 0.2) is 18.2 Å². The van der Waals surface area contributed by atoms with Gasteiger partial charge in [0.2, 0.25) is 10.0 Å². The Morgan fingerprint density at radius 1 is 1.28 bits per heavy atom.